The highest BCUT2D eigenvalue weighted by Crippen LogP contribution is 1.97. The third-order valence-corrected chi connectivity index (χ3v) is 1.89. The maximum atomic E-state index is 4.07. The van der Waals surface area contributed by atoms with Crippen LogP contribution in [-0.2, 0) is 6.54 Å². The van der Waals surface area contributed by atoms with Gasteiger partial charge in [-0.2, -0.15) is 0 Å². The Morgan fingerprint density at radius 1 is 1.50 bits per heavy atom. The summed E-state index contributed by atoms with van der Waals surface area (Å²) >= 11 is 4.07. The molecule has 68 valence electrons. The Morgan fingerprint density at radius 3 is 2.58 bits per heavy atom. The Bertz CT molecular complexity index is 232. The lowest BCUT2D eigenvalue weighted by molar-refractivity contribution is 0.387. The molecule has 0 saturated heterocycles. The topological polar surface area (TPSA) is 67.7 Å². The van der Waals surface area contributed by atoms with Crippen LogP contribution in [0.25, 0.3) is 0 Å². The lowest BCUT2D eigenvalue weighted by atomic mass is 10.5. The van der Waals surface area contributed by atoms with Crippen molar-refractivity contribution >= 4 is 12.6 Å². The Hall–Kier alpha value is -0.660. The summed E-state index contributed by atoms with van der Waals surface area (Å²) in [6, 6.07) is 0. The first-order valence-corrected chi connectivity index (χ1v) is 4.02. The molecule has 12 heavy (non-hydrogen) atoms. The second-order valence-electron chi connectivity index (χ2n) is 2.29. The molecule has 0 unspecified atom stereocenters. The first kappa shape index (κ1) is 9.43. The zero-order valence-electron chi connectivity index (χ0n) is 7.02. The fraction of sp³-hybridized carbons (Fsp3) is 0.800. The molecule has 1 heterocycles. The summed E-state index contributed by atoms with van der Waals surface area (Å²) in [7, 11) is 3.73. The number of hydrogen-bond acceptors (Lipinski definition) is 6. The van der Waals surface area contributed by atoms with Crippen LogP contribution in [0.4, 0.5) is 0 Å². The van der Waals surface area contributed by atoms with E-state index in [0.717, 1.165) is 0 Å². The van der Waals surface area contributed by atoms with Gasteiger partial charge in [0.15, 0.2) is 0 Å². The van der Waals surface area contributed by atoms with E-state index in [4.69, 9.17) is 0 Å². The molecule has 0 aromatic carbocycles. The van der Waals surface area contributed by atoms with E-state index in [-0.39, 0.29) is 6.17 Å². The molecule has 0 bridgehead atoms. The van der Waals surface area contributed by atoms with Crippen molar-refractivity contribution in [3.05, 3.63) is 0 Å². The minimum Gasteiger partial charge on any atom is -0.303 e. The van der Waals surface area contributed by atoms with Gasteiger partial charge in [0.25, 0.3) is 0 Å². The second kappa shape index (κ2) is 4.39. The lowest BCUT2D eigenvalue weighted by Gasteiger charge is -2.14. The smallest absolute Gasteiger partial charge is 0.206 e. The minimum atomic E-state index is 0.152. The zero-order chi connectivity index (χ0) is 8.97. The van der Waals surface area contributed by atoms with E-state index in [9.17, 15) is 0 Å². The molecular formula is C5H12N6S. The monoisotopic (exact) mass is 188 g/mol. The fourth-order valence-electron chi connectivity index (χ4n) is 0.818. The first-order chi connectivity index (χ1) is 5.77. The van der Waals surface area contributed by atoms with Crippen LogP contribution in [-0.4, -0.2) is 40.5 Å². The number of likely N-dealkylation sites (N-methyl/N-ethyl adjacent to an activating group) is 2. The summed E-state index contributed by atoms with van der Waals surface area (Å²) < 4.78 is 1.61. The number of nitrogens with zero attached hydrogens (tertiary/aromatic N) is 4. The van der Waals surface area contributed by atoms with Crippen LogP contribution >= 0.6 is 12.6 Å². The number of nitrogens with one attached hydrogen (secondary N) is 2. The molecule has 7 heteroatoms. The second-order valence-corrected chi connectivity index (χ2v) is 2.69. The van der Waals surface area contributed by atoms with Crippen molar-refractivity contribution in [1.29, 1.82) is 0 Å². The molecule has 0 aliphatic heterocycles. The molecule has 0 spiro atoms. The van der Waals surface area contributed by atoms with Gasteiger partial charge >= 0.3 is 0 Å². The van der Waals surface area contributed by atoms with Crippen molar-refractivity contribution in [2.75, 3.05) is 14.1 Å². The van der Waals surface area contributed by atoms with Gasteiger partial charge in [0.05, 0.1) is 12.7 Å². The molecule has 6 nitrogen and oxygen atoms in total. The Kier molecular flexibility index (Phi) is 3.45. The third-order valence-electron chi connectivity index (χ3n) is 1.57. The molecular weight excluding hydrogens is 176 g/mol. The molecule has 0 aliphatic rings. The van der Waals surface area contributed by atoms with Gasteiger partial charge in [-0.3, -0.25) is 0 Å². The average molecular weight is 188 g/mol. The first-order valence-electron chi connectivity index (χ1n) is 3.57. The number of thiol groups is 1. The van der Waals surface area contributed by atoms with Crippen LogP contribution in [0.5, 0.6) is 0 Å². The summed E-state index contributed by atoms with van der Waals surface area (Å²) in [6.07, 6.45) is 0.152. The maximum absolute atomic E-state index is 4.07. The van der Waals surface area contributed by atoms with E-state index in [1.165, 1.54) is 0 Å². The largest absolute Gasteiger partial charge is 0.303 e. The summed E-state index contributed by atoms with van der Waals surface area (Å²) in [4.78, 5) is 0. The van der Waals surface area contributed by atoms with Crippen LogP contribution in [0.15, 0.2) is 5.16 Å². The molecule has 1 rings (SSSR count). The van der Waals surface area contributed by atoms with E-state index in [1.807, 2.05) is 14.1 Å². The minimum absolute atomic E-state index is 0.152. The lowest BCUT2D eigenvalue weighted by Crippen LogP contribution is -2.41. The highest BCUT2D eigenvalue weighted by molar-refractivity contribution is 7.80. The maximum Gasteiger partial charge on any atom is 0.206 e. The number of tetrazole rings is 1. The van der Waals surface area contributed by atoms with Gasteiger partial charge in [0.1, 0.15) is 0 Å². The molecule has 0 atom stereocenters. The summed E-state index contributed by atoms with van der Waals surface area (Å²) in [6.45, 7) is 0.652. The third kappa shape index (κ3) is 2.16. The van der Waals surface area contributed by atoms with Gasteiger partial charge in [-0.1, -0.05) is 0 Å². The predicted molar refractivity (Wildman–Crippen MR) is 47.0 cm³/mol. The molecule has 0 amide bonds. The molecule has 0 radical (unpaired) electrons. The summed E-state index contributed by atoms with van der Waals surface area (Å²) in [5.41, 5.74) is 0. The molecule has 1 aromatic rings. The van der Waals surface area contributed by atoms with Gasteiger partial charge in [-0.15, -0.1) is 17.7 Å². The van der Waals surface area contributed by atoms with Crippen molar-refractivity contribution in [1.82, 2.24) is 30.8 Å². The van der Waals surface area contributed by atoms with Crippen LogP contribution in [0.2, 0.25) is 0 Å². The molecule has 0 saturated carbocycles. The summed E-state index contributed by atoms with van der Waals surface area (Å²) in [5, 5.41) is 17.5. The quantitative estimate of drug-likeness (QED) is 0.406. The van der Waals surface area contributed by atoms with Gasteiger partial charge < -0.3 is 10.6 Å². The number of rotatable bonds is 4. The summed E-state index contributed by atoms with van der Waals surface area (Å²) in [5.74, 6) is 0. The van der Waals surface area contributed by atoms with Crippen molar-refractivity contribution in [3.8, 4) is 0 Å². The molecule has 0 fully saturated rings. The number of hydrogen-bond donors (Lipinski definition) is 3. The van der Waals surface area contributed by atoms with Crippen LogP contribution in [0.1, 0.15) is 0 Å². The van der Waals surface area contributed by atoms with Gasteiger partial charge in [-0.05, 0) is 24.5 Å². The Labute approximate surface area is 76.1 Å². The highest BCUT2D eigenvalue weighted by atomic mass is 32.1. The van der Waals surface area contributed by atoms with Gasteiger partial charge in [0.2, 0.25) is 5.16 Å². The predicted octanol–water partition coefficient (Wildman–Crippen LogP) is -1.27. The van der Waals surface area contributed by atoms with Gasteiger partial charge in [-0.25, -0.2) is 4.68 Å². The van der Waals surface area contributed by atoms with Crippen LogP contribution < -0.4 is 10.6 Å². The standard InChI is InChI=1S/C5H12N6S/c1-6-4(7-2)3-11-5(12)8-9-10-11/h4,6-7H,3H2,1-2H3,(H,8,10,12). The van der Waals surface area contributed by atoms with Crippen molar-refractivity contribution < 1.29 is 0 Å². The fourth-order valence-corrected chi connectivity index (χ4v) is 0.980. The molecule has 2 N–H and O–H groups in total. The van der Waals surface area contributed by atoms with E-state index in [0.29, 0.717) is 11.7 Å². The van der Waals surface area contributed by atoms with E-state index in [2.05, 4.69) is 38.8 Å². The van der Waals surface area contributed by atoms with Crippen molar-refractivity contribution in [2.45, 2.75) is 17.9 Å². The normalized spacial score (nSPS) is 11.0. The van der Waals surface area contributed by atoms with Crippen molar-refractivity contribution in [3.63, 3.8) is 0 Å². The van der Waals surface area contributed by atoms with Gasteiger partial charge in [0, 0.05) is 0 Å². The average Bonchev–Trinajstić information content (AvgIpc) is 2.47. The molecule has 1 aromatic heterocycles. The van der Waals surface area contributed by atoms with E-state index < -0.39 is 0 Å². The number of aromatic nitrogens is 4. The van der Waals surface area contributed by atoms with Crippen LogP contribution in [0, 0.1) is 0 Å². The Balaban J connectivity index is 2.56. The van der Waals surface area contributed by atoms with Crippen molar-refractivity contribution in [2.24, 2.45) is 0 Å². The molecule has 0 aliphatic carbocycles. The Morgan fingerprint density at radius 2 is 2.17 bits per heavy atom. The highest BCUT2D eigenvalue weighted by Gasteiger charge is 2.06. The van der Waals surface area contributed by atoms with E-state index >= 15 is 0 Å². The van der Waals surface area contributed by atoms with E-state index in [1.54, 1.807) is 4.68 Å². The van der Waals surface area contributed by atoms with Crippen LogP contribution in [0.3, 0.4) is 0 Å². The zero-order valence-corrected chi connectivity index (χ0v) is 7.91. The SMILES string of the molecule is CNC(Cn1nnnc1S)NC.